The zero-order chi connectivity index (χ0) is 28.6. The van der Waals surface area contributed by atoms with Crippen LogP contribution in [0.1, 0.15) is 39.0 Å². The molecule has 0 spiro atoms. The predicted octanol–water partition coefficient (Wildman–Crippen LogP) is 3.53. The summed E-state index contributed by atoms with van der Waals surface area (Å²) in [5.74, 6) is -0.660. The Morgan fingerprint density at radius 3 is 2.38 bits per heavy atom. The quantitative estimate of drug-likeness (QED) is 0.377. The summed E-state index contributed by atoms with van der Waals surface area (Å²) in [6.07, 6.45) is 3.00. The van der Waals surface area contributed by atoms with Crippen molar-refractivity contribution in [2.45, 2.75) is 45.1 Å². The van der Waals surface area contributed by atoms with E-state index >= 15 is 0 Å². The van der Waals surface area contributed by atoms with Crippen molar-refractivity contribution in [1.82, 2.24) is 9.80 Å². The number of anilines is 2. The second-order valence-electron chi connectivity index (χ2n) is 10.1. The van der Waals surface area contributed by atoms with E-state index in [0.29, 0.717) is 36.1 Å². The van der Waals surface area contributed by atoms with E-state index in [9.17, 15) is 18.8 Å². The molecule has 0 bridgehead atoms. The lowest BCUT2D eigenvalue weighted by molar-refractivity contribution is -0.124. The van der Waals surface area contributed by atoms with E-state index < -0.39 is 11.9 Å². The Labute approximate surface area is 239 Å². The molecule has 214 valence electrons. The molecule has 11 heteroatoms. The first-order valence-electron chi connectivity index (χ1n) is 13.7. The van der Waals surface area contributed by atoms with Crippen molar-refractivity contribution in [3.8, 4) is 5.75 Å². The highest BCUT2D eigenvalue weighted by atomic mass is 32.1. The smallest absolute Gasteiger partial charge is 0.256 e. The van der Waals surface area contributed by atoms with Crippen molar-refractivity contribution in [3.63, 3.8) is 0 Å². The Bertz CT molecular complexity index is 1200. The molecular weight excluding hydrogens is 533 g/mol. The van der Waals surface area contributed by atoms with Crippen LogP contribution in [0.3, 0.4) is 0 Å². The highest BCUT2D eigenvalue weighted by Gasteiger charge is 2.44. The standard InChI is InChI=1S/C29H36FN5O4S/c1-2-18-39-24-10-6-22(7-11-24)32-26(36)19-25-28(38)35(23-8-4-21(30)5-9-23)29(40)34(25)15-3-14-33-16-12-20(13-17-33)27(31)37/h4-11,20,25H,2-3,12-19H2,1H3,(H2,31,37)(H,32,36). The van der Waals surface area contributed by atoms with Gasteiger partial charge in [-0.2, -0.15) is 0 Å². The van der Waals surface area contributed by atoms with Gasteiger partial charge in [0, 0.05) is 18.2 Å². The van der Waals surface area contributed by atoms with E-state index in [-0.39, 0.29) is 30.1 Å². The van der Waals surface area contributed by atoms with Crippen LogP contribution < -0.4 is 20.7 Å². The molecule has 0 aromatic heterocycles. The first kappa shape index (κ1) is 29.4. The average Bonchev–Trinajstić information content (AvgIpc) is 3.17. The summed E-state index contributed by atoms with van der Waals surface area (Å²) < 4.78 is 19.1. The van der Waals surface area contributed by atoms with E-state index in [4.69, 9.17) is 22.7 Å². The highest BCUT2D eigenvalue weighted by Crippen LogP contribution is 2.28. The molecule has 2 heterocycles. The molecule has 2 aliphatic heterocycles. The molecule has 0 radical (unpaired) electrons. The van der Waals surface area contributed by atoms with Gasteiger partial charge in [-0.15, -0.1) is 0 Å². The number of carbonyl (C=O) groups excluding carboxylic acids is 3. The minimum atomic E-state index is -0.787. The lowest BCUT2D eigenvalue weighted by Gasteiger charge is -2.31. The summed E-state index contributed by atoms with van der Waals surface area (Å²) in [6.45, 7) is 5.44. The summed E-state index contributed by atoms with van der Waals surface area (Å²) in [5, 5.41) is 3.15. The molecular formula is C29H36FN5O4S. The van der Waals surface area contributed by atoms with Crippen LogP contribution in [-0.2, 0) is 14.4 Å². The fourth-order valence-corrected chi connectivity index (χ4v) is 5.48. The molecule has 0 saturated carbocycles. The Balaban J connectivity index is 1.41. The first-order valence-corrected chi connectivity index (χ1v) is 14.1. The molecule has 40 heavy (non-hydrogen) atoms. The van der Waals surface area contributed by atoms with Crippen molar-refractivity contribution in [3.05, 3.63) is 54.3 Å². The lowest BCUT2D eigenvalue weighted by Crippen LogP contribution is -2.41. The van der Waals surface area contributed by atoms with Gasteiger partial charge in [0.1, 0.15) is 17.6 Å². The molecule has 0 aliphatic carbocycles. The number of thiocarbonyl (C=S) groups is 1. The normalized spacial score (nSPS) is 18.3. The maximum atomic E-state index is 13.6. The van der Waals surface area contributed by atoms with Gasteiger partial charge in [0.2, 0.25) is 11.8 Å². The number of halogens is 1. The topological polar surface area (TPSA) is 108 Å². The molecule has 1 atom stereocenters. The van der Waals surface area contributed by atoms with Gasteiger partial charge in [-0.25, -0.2) is 4.39 Å². The van der Waals surface area contributed by atoms with Crippen LogP contribution in [0.2, 0.25) is 0 Å². The lowest BCUT2D eigenvalue weighted by atomic mass is 9.96. The van der Waals surface area contributed by atoms with Gasteiger partial charge in [0.05, 0.1) is 18.7 Å². The van der Waals surface area contributed by atoms with E-state index in [1.165, 1.54) is 29.2 Å². The number of hydrogen-bond acceptors (Lipinski definition) is 6. The van der Waals surface area contributed by atoms with Crippen LogP contribution in [0.4, 0.5) is 15.8 Å². The third-order valence-corrected chi connectivity index (χ3v) is 7.67. The largest absolute Gasteiger partial charge is 0.494 e. The maximum Gasteiger partial charge on any atom is 0.256 e. The van der Waals surface area contributed by atoms with Gasteiger partial charge >= 0.3 is 0 Å². The molecule has 3 amide bonds. The molecule has 9 nitrogen and oxygen atoms in total. The fourth-order valence-electron chi connectivity index (χ4n) is 5.06. The van der Waals surface area contributed by atoms with Crippen LogP contribution in [0, 0.1) is 11.7 Å². The summed E-state index contributed by atoms with van der Waals surface area (Å²) in [5.41, 5.74) is 6.51. The summed E-state index contributed by atoms with van der Waals surface area (Å²) in [7, 11) is 0. The number of primary amides is 1. The van der Waals surface area contributed by atoms with Crippen molar-refractivity contribution >= 4 is 46.4 Å². The number of nitrogens with one attached hydrogen (secondary N) is 1. The van der Waals surface area contributed by atoms with Gasteiger partial charge in [-0.3, -0.25) is 19.3 Å². The third kappa shape index (κ3) is 7.33. The number of ether oxygens (including phenoxy) is 1. The number of amides is 3. The minimum Gasteiger partial charge on any atom is -0.494 e. The van der Waals surface area contributed by atoms with Crippen molar-refractivity contribution in [2.24, 2.45) is 11.7 Å². The second kappa shape index (κ2) is 13.7. The van der Waals surface area contributed by atoms with Crippen LogP contribution in [0.25, 0.3) is 0 Å². The summed E-state index contributed by atoms with van der Waals surface area (Å²) in [4.78, 5) is 43.5. The van der Waals surface area contributed by atoms with Gasteiger partial charge in [-0.1, -0.05) is 6.92 Å². The summed E-state index contributed by atoms with van der Waals surface area (Å²) in [6, 6.07) is 11.9. The Hall–Kier alpha value is -3.57. The number of piperidine rings is 1. The predicted molar refractivity (Wildman–Crippen MR) is 155 cm³/mol. The van der Waals surface area contributed by atoms with Gasteiger partial charge in [0.15, 0.2) is 5.11 Å². The van der Waals surface area contributed by atoms with Crippen LogP contribution in [-0.4, -0.2) is 71.5 Å². The number of rotatable bonds is 12. The number of likely N-dealkylation sites (tertiary alicyclic amines) is 1. The average molecular weight is 570 g/mol. The SMILES string of the molecule is CCCOc1ccc(NC(=O)CC2C(=O)N(c3ccc(F)cc3)C(=S)N2CCCN2CCC(C(N)=O)CC2)cc1. The van der Waals surface area contributed by atoms with Gasteiger partial charge in [0.25, 0.3) is 5.91 Å². The number of carbonyl (C=O) groups is 3. The van der Waals surface area contributed by atoms with Crippen LogP contribution in [0.5, 0.6) is 5.75 Å². The van der Waals surface area contributed by atoms with E-state index in [1.807, 2.05) is 6.92 Å². The van der Waals surface area contributed by atoms with Crippen molar-refractivity contribution < 1.29 is 23.5 Å². The second-order valence-corrected chi connectivity index (χ2v) is 10.5. The number of benzene rings is 2. The maximum absolute atomic E-state index is 13.6. The van der Waals surface area contributed by atoms with Crippen molar-refractivity contribution in [2.75, 3.05) is 43.0 Å². The van der Waals surface area contributed by atoms with Gasteiger partial charge in [-0.05, 0) is 106 Å². The molecule has 3 N–H and O–H groups in total. The molecule has 1 unspecified atom stereocenters. The summed E-state index contributed by atoms with van der Waals surface area (Å²) >= 11 is 5.70. The monoisotopic (exact) mass is 569 g/mol. The van der Waals surface area contributed by atoms with E-state index in [2.05, 4.69) is 10.2 Å². The molecule has 2 saturated heterocycles. The zero-order valence-corrected chi connectivity index (χ0v) is 23.5. The Morgan fingerprint density at radius 2 is 1.75 bits per heavy atom. The van der Waals surface area contributed by atoms with Crippen LogP contribution >= 0.6 is 12.2 Å². The molecule has 4 rings (SSSR count). The first-order chi connectivity index (χ1) is 19.3. The third-order valence-electron chi connectivity index (χ3n) is 7.26. The zero-order valence-electron chi connectivity index (χ0n) is 22.7. The highest BCUT2D eigenvalue weighted by molar-refractivity contribution is 7.80. The Kier molecular flexibility index (Phi) is 10.1. The van der Waals surface area contributed by atoms with Crippen LogP contribution in [0.15, 0.2) is 48.5 Å². The number of nitrogens with zero attached hydrogens (tertiary/aromatic N) is 3. The Morgan fingerprint density at radius 1 is 1.07 bits per heavy atom. The van der Waals surface area contributed by atoms with E-state index in [0.717, 1.165) is 44.6 Å². The number of nitrogens with two attached hydrogens (primary N) is 1. The molecule has 2 aromatic carbocycles. The minimum absolute atomic E-state index is 0.0766. The molecule has 2 aliphatic rings. The molecule has 2 aromatic rings. The van der Waals surface area contributed by atoms with E-state index in [1.54, 1.807) is 29.2 Å². The van der Waals surface area contributed by atoms with Gasteiger partial charge < -0.3 is 25.6 Å². The number of hydrogen-bond donors (Lipinski definition) is 2. The fraction of sp³-hybridized carbons (Fsp3) is 0.448. The van der Waals surface area contributed by atoms with Crippen molar-refractivity contribution in [1.29, 1.82) is 0 Å². The molecule has 2 fully saturated rings.